The van der Waals surface area contributed by atoms with E-state index in [0.717, 1.165) is 18.5 Å². The molecule has 0 spiro atoms. The van der Waals surface area contributed by atoms with Crippen LogP contribution in [-0.4, -0.2) is 20.7 Å². The van der Waals surface area contributed by atoms with Crippen LogP contribution in [0.25, 0.3) is 11.3 Å². The van der Waals surface area contributed by atoms with E-state index in [2.05, 4.69) is 22.3 Å². The van der Waals surface area contributed by atoms with Gasteiger partial charge >= 0.3 is 0 Å². The topological polar surface area (TPSA) is 73.0 Å². The first kappa shape index (κ1) is 17.2. The predicted molar refractivity (Wildman–Crippen MR) is 95.3 cm³/mol. The van der Waals surface area contributed by atoms with Crippen LogP contribution in [0.2, 0.25) is 5.02 Å². The monoisotopic (exact) mass is 358 g/mol. The Bertz CT molecular complexity index is 871. The minimum atomic E-state index is -0.308. The van der Waals surface area contributed by atoms with Crippen molar-refractivity contribution in [1.82, 2.24) is 20.1 Å². The number of carbonyl (C=O) groups excluding carboxylic acids is 1. The zero-order chi connectivity index (χ0) is 17.8. The van der Waals surface area contributed by atoms with Gasteiger partial charge < -0.3 is 9.73 Å². The Morgan fingerprint density at radius 2 is 2.12 bits per heavy atom. The molecule has 7 heteroatoms. The molecule has 3 aromatic rings. The lowest BCUT2D eigenvalue weighted by molar-refractivity contribution is 0.0910. The van der Waals surface area contributed by atoms with Crippen LogP contribution in [0.4, 0.5) is 0 Å². The van der Waals surface area contributed by atoms with E-state index in [0.29, 0.717) is 16.6 Å². The van der Waals surface area contributed by atoms with E-state index in [4.69, 9.17) is 16.0 Å². The molecule has 0 aliphatic rings. The van der Waals surface area contributed by atoms with Crippen molar-refractivity contribution in [2.75, 3.05) is 0 Å². The Morgan fingerprint density at radius 1 is 1.32 bits per heavy atom. The number of hydrogen-bond donors (Lipinski definition) is 1. The van der Waals surface area contributed by atoms with E-state index in [1.807, 2.05) is 25.1 Å². The Balaban J connectivity index is 1.74. The average Bonchev–Trinajstić information content (AvgIpc) is 3.25. The fraction of sp³-hybridized carbons (Fsp3) is 0.278. The highest BCUT2D eigenvalue weighted by molar-refractivity contribution is 6.33. The van der Waals surface area contributed by atoms with Crippen molar-refractivity contribution in [3.8, 4) is 11.3 Å². The molecule has 130 valence electrons. The zero-order valence-electron chi connectivity index (χ0n) is 14.1. The summed E-state index contributed by atoms with van der Waals surface area (Å²) in [5.41, 5.74) is 0.749. The minimum Gasteiger partial charge on any atom is -0.451 e. The molecule has 0 saturated carbocycles. The number of hydrogen-bond acceptors (Lipinski definition) is 4. The van der Waals surface area contributed by atoms with Crippen molar-refractivity contribution in [2.45, 2.75) is 32.9 Å². The van der Waals surface area contributed by atoms with Crippen LogP contribution in [0.1, 0.15) is 42.7 Å². The molecule has 0 aliphatic heterocycles. The summed E-state index contributed by atoms with van der Waals surface area (Å²) in [5.74, 6) is 1.19. The Morgan fingerprint density at radius 3 is 2.88 bits per heavy atom. The third-order valence-electron chi connectivity index (χ3n) is 3.78. The lowest BCUT2D eigenvalue weighted by atomic mass is 10.2. The normalized spacial score (nSPS) is 12.1. The summed E-state index contributed by atoms with van der Waals surface area (Å²) in [6.45, 7) is 4.69. The number of nitrogens with zero attached hydrogens (tertiary/aromatic N) is 3. The second-order valence-corrected chi connectivity index (χ2v) is 6.09. The summed E-state index contributed by atoms with van der Waals surface area (Å²) < 4.78 is 7.46. The average molecular weight is 359 g/mol. The zero-order valence-corrected chi connectivity index (χ0v) is 14.8. The van der Waals surface area contributed by atoms with Gasteiger partial charge in [0.2, 0.25) is 0 Å². The van der Waals surface area contributed by atoms with Crippen LogP contribution in [0.5, 0.6) is 0 Å². The van der Waals surface area contributed by atoms with Gasteiger partial charge in [-0.25, -0.2) is 9.67 Å². The lowest BCUT2D eigenvalue weighted by Gasteiger charge is -2.13. The number of furan rings is 1. The minimum absolute atomic E-state index is 0.225. The highest BCUT2D eigenvalue weighted by Crippen LogP contribution is 2.29. The first-order chi connectivity index (χ1) is 12.1. The highest BCUT2D eigenvalue weighted by atomic mass is 35.5. The van der Waals surface area contributed by atoms with Crippen molar-refractivity contribution in [3.05, 3.63) is 59.3 Å². The van der Waals surface area contributed by atoms with Gasteiger partial charge in [0.05, 0.1) is 11.1 Å². The summed E-state index contributed by atoms with van der Waals surface area (Å²) in [6, 6.07) is 10.4. The maximum atomic E-state index is 12.5. The van der Waals surface area contributed by atoms with Gasteiger partial charge in [0.1, 0.15) is 17.9 Å². The molecule has 0 fully saturated rings. The van der Waals surface area contributed by atoms with Crippen molar-refractivity contribution < 1.29 is 9.21 Å². The number of aryl methyl sites for hydroxylation is 1. The van der Waals surface area contributed by atoms with Crippen LogP contribution in [-0.2, 0) is 6.54 Å². The predicted octanol–water partition coefficient (Wildman–Crippen LogP) is 4.09. The van der Waals surface area contributed by atoms with Gasteiger partial charge in [-0.05, 0) is 37.6 Å². The smallest absolute Gasteiger partial charge is 0.287 e. The van der Waals surface area contributed by atoms with Gasteiger partial charge in [0, 0.05) is 12.1 Å². The molecular weight excluding hydrogens is 340 g/mol. The van der Waals surface area contributed by atoms with Gasteiger partial charge in [-0.1, -0.05) is 30.7 Å². The molecule has 2 aromatic heterocycles. The number of rotatable bonds is 6. The molecule has 1 aromatic carbocycles. The first-order valence-electron chi connectivity index (χ1n) is 8.13. The SMILES string of the molecule is CCCn1ncnc1[C@H](C)NC(=O)c1ccc(-c2ccccc2Cl)o1. The number of benzene rings is 1. The van der Waals surface area contributed by atoms with Gasteiger partial charge in [-0.2, -0.15) is 5.10 Å². The molecule has 3 rings (SSSR count). The molecule has 25 heavy (non-hydrogen) atoms. The fourth-order valence-corrected chi connectivity index (χ4v) is 2.82. The summed E-state index contributed by atoms with van der Waals surface area (Å²) in [5, 5.41) is 7.64. The van der Waals surface area contributed by atoms with Crippen molar-refractivity contribution >= 4 is 17.5 Å². The third-order valence-corrected chi connectivity index (χ3v) is 4.11. The first-order valence-corrected chi connectivity index (χ1v) is 8.51. The van der Waals surface area contributed by atoms with E-state index in [1.165, 1.54) is 6.33 Å². The second-order valence-electron chi connectivity index (χ2n) is 5.68. The quantitative estimate of drug-likeness (QED) is 0.720. The molecule has 1 atom stereocenters. The molecule has 6 nitrogen and oxygen atoms in total. The second kappa shape index (κ2) is 7.53. The highest BCUT2D eigenvalue weighted by Gasteiger charge is 2.19. The van der Waals surface area contributed by atoms with Gasteiger partial charge in [-0.3, -0.25) is 4.79 Å². The molecule has 0 radical (unpaired) electrons. The molecule has 0 aliphatic carbocycles. The van der Waals surface area contributed by atoms with Crippen LogP contribution in [0.15, 0.2) is 47.1 Å². The largest absolute Gasteiger partial charge is 0.451 e. The molecule has 1 amide bonds. The van der Waals surface area contributed by atoms with Crippen molar-refractivity contribution in [3.63, 3.8) is 0 Å². The van der Waals surface area contributed by atoms with Crippen LogP contribution < -0.4 is 5.32 Å². The van der Waals surface area contributed by atoms with E-state index >= 15 is 0 Å². The van der Waals surface area contributed by atoms with Gasteiger partial charge in [0.15, 0.2) is 5.76 Å². The molecule has 0 unspecified atom stereocenters. The van der Waals surface area contributed by atoms with Crippen molar-refractivity contribution in [2.24, 2.45) is 0 Å². The Hall–Kier alpha value is -2.60. The van der Waals surface area contributed by atoms with E-state index in [9.17, 15) is 4.79 Å². The number of aromatic nitrogens is 3. The van der Waals surface area contributed by atoms with Crippen molar-refractivity contribution in [1.29, 1.82) is 0 Å². The standard InChI is InChI=1S/C18H19ClN4O2/c1-3-10-23-17(20-11-21-23)12(2)22-18(24)16-9-8-15(25-16)13-6-4-5-7-14(13)19/h4-9,11-12H,3,10H2,1-2H3,(H,22,24)/t12-/m0/s1. The number of halogens is 1. The molecule has 0 saturated heterocycles. The Kier molecular flexibility index (Phi) is 5.19. The summed E-state index contributed by atoms with van der Waals surface area (Å²) >= 11 is 6.17. The maximum Gasteiger partial charge on any atom is 0.287 e. The molecule has 2 heterocycles. The number of carbonyl (C=O) groups is 1. The van der Waals surface area contributed by atoms with E-state index < -0.39 is 0 Å². The van der Waals surface area contributed by atoms with Crippen LogP contribution in [0.3, 0.4) is 0 Å². The van der Waals surface area contributed by atoms with Gasteiger partial charge in [0.25, 0.3) is 5.91 Å². The van der Waals surface area contributed by atoms with E-state index in [-0.39, 0.29) is 17.7 Å². The third kappa shape index (κ3) is 3.74. The summed E-state index contributed by atoms with van der Waals surface area (Å²) in [4.78, 5) is 16.7. The fourth-order valence-electron chi connectivity index (χ4n) is 2.59. The molecule has 1 N–H and O–H groups in total. The molecule has 0 bridgehead atoms. The maximum absolute atomic E-state index is 12.5. The molecular formula is C18H19ClN4O2. The Labute approximate surface area is 150 Å². The van der Waals surface area contributed by atoms with E-state index in [1.54, 1.807) is 22.9 Å². The lowest BCUT2D eigenvalue weighted by Crippen LogP contribution is -2.28. The summed E-state index contributed by atoms with van der Waals surface area (Å²) in [6.07, 6.45) is 2.44. The summed E-state index contributed by atoms with van der Waals surface area (Å²) in [7, 11) is 0. The number of amides is 1. The van der Waals surface area contributed by atoms with Crippen LogP contribution >= 0.6 is 11.6 Å². The van der Waals surface area contributed by atoms with Gasteiger partial charge in [-0.15, -0.1) is 0 Å². The number of nitrogens with one attached hydrogen (secondary N) is 1. The van der Waals surface area contributed by atoms with Crippen LogP contribution in [0, 0.1) is 0 Å².